The fourth-order valence-electron chi connectivity index (χ4n) is 2.96. The summed E-state index contributed by atoms with van der Waals surface area (Å²) in [7, 11) is 1.71. The molecule has 128 valence electrons. The van der Waals surface area contributed by atoms with Crippen LogP contribution in [0, 0.1) is 0 Å². The third-order valence-corrected chi connectivity index (χ3v) is 7.12. The van der Waals surface area contributed by atoms with Gasteiger partial charge in [-0.05, 0) is 0 Å². The number of ether oxygens (including phenoxy) is 1. The van der Waals surface area contributed by atoms with Crippen LogP contribution >= 0.6 is 11.6 Å². The van der Waals surface area contributed by atoms with Gasteiger partial charge >= 0.3 is 165 Å². The number of benzene rings is 3. The van der Waals surface area contributed by atoms with Gasteiger partial charge in [-0.1, -0.05) is 0 Å². The van der Waals surface area contributed by atoms with Crippen molar-refractivity contribution in [2.75, 3.05) is 7.11 Å². The molecule has 3 heteroatoms. The molecule has 0 aliphatic carbocycles. The first-order valence-electron chi connectivity index (χ1n) is 8.34. The third-order valence-electron chi connectivity index (χ3n) is 4.28. The van der Waals surface area contributed by atoms with Crippen molar-refractivity contribution in [3.63, 3.8) is 0 Å². The molecule has 26 heavy (non-hydrogen) atoms. The molecule has 0 fully saturated rings. The van der Waals surface area contributed by atoms with Crippen molar-refractivity contribution in [2.45, 2.75) is 0 Å². The van der Waals surface area contributed by atoms with E-state index in [2.05, 4.69) is 60.7 Å². The summed E-state index contributed by atoms with van der Waals surface area (Å²) in [5.74, 6) is 0.889. The van der Waals surface area contributed by atoms with Crippen molar-refractivity contribution in [3.05, 3.63) is 90.0 Å². The fourth-order valence-corrected chi connectivity index (χ4v) is 5.56. The van der Waals surface area contributed by atoms with Gasteiger partial charge in [-0.15, -0.1) is 0 Å². The van der Waals surface area contributed by atoms with Crippen molar-refractivity contribution in [2.24, 2.45) is 0 Å². The Labute approximate surface area is 164 Å². The number of rotatable bonds is 4. The molecule has 0 aliphatic rings. The Morgan fingerprint density at radius 3 is 2.19 bits per heavy atom. The van der Waals surface area contributed by atoms with Crippen molar-refractivity contribution in [3.8, 4) is 36.9 Å². The molecular weight excluding hydrogens is 407 g/mol. The first kappa shape index (κ1) is 17.2. The molecule has 3 aromatic carbocycles. The first-order chi connectivity index (χ1) is 12.7. The molecule has 0 aliphatic heterocycles. The van der Waals surface area contributed by atoms with Gasteiger partial charge in [-0.2, -0.15) is 0 Å². The molecule has 0 radical (unpaired) electrons. The maximum atomic E-state index is 6.09. The minimum atomic E-state index is 0.214. The molecule has 0 amide bonds. The van der Waals surface area contributed by atoms with Gasteiger partial charge in [0.15, 0.2) is 0 Å². The predicted molar refractivity (Wildman–Crippen MR) is 111 cm³/mol. The maximum absolute atomic E-state index is 6.09. The zero-order valence-corrected chi connectivity index (χ0v) is 16.7. The van der Waals surface area contributed by atoms with Gasteiger partial charge in [0.05, 0.1) is 0 Å². The molecular formula is C23H17ClOSe. The van der Waals surface area contributed by atoms with Crippen LogP contribution in [0.2, 0.25) is 5.02 Å². The molecule has 0 spiro atoms. The van der Waals surface area contributed by atoms with Crippen LogP contribution in [-0.2, 0) is 0 Å². The quantitative estimate of drug-likeness (QED) is 0.345. The Morgan fingerprint density at radius 2 is 1.46 bits per heavy atom. The van der Waals surface area contributed by atoms with Crippen LogP contribution < -0.4 is 4.74 Å². The van der Waals surface area contributed by atoms with Gasteiger partial charge in [0.1, 0.15) is 0 Å². The SMILES string of the molecule is COc1cccc(-c2cc(-c3ccccc3)c(-c3ccc(Cl)cc3)[se]2)c1. The van der Waals surface area contributed by atoms with Gasteiger partial charge in [0.25, 0.3) is 0 Å². The second kappa shape index (κ2) is 7.55. The second-order valence-electron chi connectivity index (χ2n) is 5.96. The molecule has 0 unspecified atom stereocenters. The summed E-state index contributed by atoms with van der Waals surface area (Å²) in [6.07, 6.45) is 0. The van der Waals surface area contributed by atoms with Crippen LogP contribution in [-0.4, -0.2) is 21.6 Å². The summed E-state index contributed by atoms with van der Waals surface area (Å²) >= 11 is 6.31. The van der Waals surface area contributed by atoms with E-state index >= 15 is 0 Å². The molecule has 4 aromatic rings. The number of methoxy groups -OCH3 is 1. The van der Waals surface area contributed by atoms with E-state index < -0.39 is 0 Å². The van der Waals surface area contributed by atoms with E-state index in [0.29, 0.717) is 0 Å². The van der Waals surface area contributed by atoms with E-state index in [1.807, 2.05) is 24.3 Å². The normalized spacial score (nSPS) is 10.7. The van der Waals surface area contributed by atoms with E-state index in [1.54, 1.807) is 7.11 Å². The Hall–Kier alpha value is -2.25. The van der Waals surface area contributed by atoms with Crippen LogP contribution in [0.5, 0.6) is 5.75 Å². The number of halogens is 1. The standard InChI is InChI=1S/C23H17ClOSe/c1-25-20-9-5-8-18(14-20)22-15-21(16-6-3-2-4-7-16)23(26-22)17-10-12-19(24)13-11-17/h2-15H,1H3. The van der Waals surface area contributed by atoms with E-state index in [1.165, 1.54) is 31.1 Å². The Morgan fingerprint density at radius 1 is 0.731 bits per heavy atom. The summed E-state index contributed by atoms with van der Waals surface area (Å²) < 4.78 is 8.15. The van der Waals surface area contributed by atoms with E-state index in [-0.39, 0.29) is 14.5 Å². The predicted octanol–water partition coefficient (Wildman–Crippen LogP) is 6.41. The van der Waals surface area contributed by atoms with Crippen molar-refractivity contribution in [1.82, 2.24) is 0 Å². The van der Waals surface area contributed by atoms with Gasteiger partial charge in [-0.3, -0.25) is 0 Å². The summed E-state index contributed by atoms with van der Waals surface area (Å²) in [5.41, 5.74) is 5.01. The van der Waals surface area contributed by atoms with Gasteiger partial charge in [0.2, 0.25) is 0 Å². The van der Waals surface area contributed by atoms with Crippen molar-refractivity contribution < 1.29 is 4.74 Å². The van der Waals surface area contributed by atoms with E-state index in [4.69, 9.17) is 16.3 Å². The number of hydrogen-bond acceptors (Lipinski definition) is 1. The topological polar surface area (TPSA) is 9.23 Å². The molecule has 4 rings (SSSR count). The van der Waals surface area contributed by atoms with Gasteiger partial charge < -0.3 is 0 Å². The molecule has 0 bridgehead atoms. The summed E-state index contributed by atoms with van der Waals surface area (Å²) in [6, 6.07) is 29.4. The molecule has 1 aromatic heterocycles. The summed E-state index contributed by atoms with van der Waals surface area (Å²) in [4.78, 5) is 0. The Kier molecular flexibility index (Phi) is 4.99. The average Bonchev–Trinajstić information content (AvgIpc) is 3.15. The molecule has 1 heterocycles. The van der Waals surface area contributed by atoms with Crippen LogP contribution in [0.4, 0.5) is 0 Å². The zero-order valence-electron chi connectivity index (χ0n) is 14.3. The van der Waals surface area contributed by atoms with Crippen LogP contribution in [0.3, 0.4) is 0 Å². The van der Waals surface area contributed by atoms with Crippen molar-refractivity contribution in [1.29, 1.82) is 0 Å². The fraction of sp³-hybridized carbons (Fsp3) is 0.0435. The Balaban J connectivity index is 1.88. The van der Waals surface area contributed by atoms with E-state index in [9.17, 15) is 0 Å². The minimum absolute atomic E-state index is 0.214. The molecule has 0 saturated carbocycles. The van der Waals surface area contributed by atoms with E-state index in [0.717, 1.165) is 10.8 Å². The summed E-state index contributed by atoms with van der Waals surface area (Å²) in [6.45, 7) is 0. The van der Waals surface area contributed by atoms with Gasteiger partial charge in [-0.25, -0.2) is 0 Å². The second-order valence-corrected chi connectivity index (χ2v) is 8.60. The molecule has 1 nitrogen and oxygen atoms in total. The average molecular weight is 424 g/mol. The van der Waals surface area contributed by atoms with Crippen molar-refractivity contribution >= 4 is 26.1 Å². The zero-order chi connectivity index (χ0) is 17.9. The first-order valence-corrected chi connectivity index (χ1v) is 10.4. The van der Waals surface area contributed by atoms with Crippen LogP contribution in [0.25, 0.3) is 31.1 Å². The summed E-state index contributed by atoms with van der Waals surface area (Å²) in [5, 5.41) is 0.766. The molecule has 0 N–H and O–H groups in total. The monoisotopic (exact) mass is 424 g/mol. The molecule has 0 saturated heterocycles. The number of hydrogen-bond donors (Lipinski definition) is 0. The third kappa shape index (κ3) is 3.50. The van der Waals surface area contributed by atoms with Crippen LogP contribution in [0.15, 0.2) is 84.9 Å². The Bertz CT molecular complexity index is 1020. The molecule has 0 atom stereocenters. The van der Waals surface area contributed by atoms with Gasteiger partial charge in [0, 0.05) is 0 Å². The van der Waals surface area contributed by atoms with Crippen LogP contribution in [0.1, 0.15) is 0 Å².